The van der Waals surface area contributed by atoms with Gasteiger partial charge in [0.25, 0.3) is 0 Å². The summed E-state index contributed by atoms with van der Waals surface area (Å²) in [7, 11) is -3.71. The minimum absolute atomic E-state index is 0.0289. The Morgan fingerprint density at radius 2 is 2.00 bits per heavy atom. The Labute approximate surface area is 119 Å². The third kappa shape index (κ3) is 3.54. The van der Waals surface area contributed by atoms with Gasteiger partial charge in [-0.2, -0.15) is 0 Å². The number of halogens is 1. The SMILES string of the molecule is NCc1c(F)cccc1S(=O)(=O)NCCN1CCCC1. The third-order valence-corrected chi connectivity index (χ3v) is 5.03. The van der Waals surface area contributed by atoms with E-state index in [1.807, 2.05) is 0 Å². The molecular weight excluding hydrogens is 281 g/mol. The maximum absolute atomic E-state index is 13.6. The molecule has 0 radical (unpaired) electrons. The van der Waals surface area contributed by atoms with Crippen molar-refractivity contribution in [3.05, 3.63) is 29.6 Å². The van der Waals surface area contributed by atoms with Crippen LogP contribution < -0.4 is 10.5 Å². The lowest BCUT2D eigenvalue weighted by atomic mass is 10.2. The molecule has 1 saturated heterocycles. The van der Waals surface area contributed by atoms with E-state index < -0.39 is 15.8 Å². The Balaban J connectivity index is 2.04. The lowest BCUT2D eigenvalue weighted by molar-refractivity contribution is 0.344. The molecule has 0 bridgehead atoms. The highest BCUT2D eigenvalue weighted by molar-refractivity contribution is 7.89. The van der Waals surface area contributed by atoms with Gasteiger partial charge in [0.1, 0.15) is 5.82 Å². The molecule has 0 amide bonds. The normalized spacial score (nSPS) is 16.7. The van der Waals surface area contributed by atoms with E-state index in [4.69, 9.17) is 5.73 Å². The van der Waals surface area contributed by atoms with Crippen molar-refractivity contribution >= 4 is 10.0 Å². The number of rotatable bonds is 6. The average molecular weight is 301 g/mol. The molecule has 5 nitrogen and oxygen atoms in total. The molecule has 0 spiro atoms. The Morgan fingerprint density at radius 1 is 1.30 bits per heavy atom. The molecule has 0 aromatic heterocycles. The number of nitrogens with one attached hydrogen (secondary N) is 1. The molecule has 1 aliphatic heterocycles. The molecule has 20 heavy (non-hydrogen) atoms. The number of hydrogen-bond acceptors (Lipinski definition) is 4. The lowest BCUT2D eigenvalue weighted by Gasteiger charge is -2.16. The monoisotopic (exact) mass is 301 g/mol. The van der Waals surface area contributed by atoms with Crippen LogP contribution in [-0.4, -0.2) is 39.5 Å². The average Bonchev–Trinajstić information content (AvgIpc) is 2.91. The fourth-order valence-electron chi connectivity index (χ4n) is 2.41. The predicted molar refractivity (Wildman–Crippen MR) is 75.2 cm³/mol. The molecule has 0 saturated carbocycles. The van der Waals surface area contributed by atoms with Crippen LogP contribution in [0.5, 0.6) is 0 Å². The number of nitrogens with two attached hydrogens (primary N) is 1. The first-order chi connectivity index (χ1) is 9.54. The van der Waals surface area contributed by atoms with Gasteiger partial charge in [-0.05, 0) is 38.1 Å². The van der Waals surface area contributed by atoms with Gasteiger partial charge in [0.15, 0.2) is 0 Å². The summed E-state index contributed by atoms with van der Waals surface area (Å²) in [6.07, 6.45) is 2.32. The topological polar surface area (TPSA) is 75.4 Å². The minimum Gasteiger partial charge on any atom is -0.326 e. The van der Waals surface area contributed by atoms with Gasteiger partial charge in [0.2, 0.25) is 10.0 Å². The van der Waals surface area contributed by atoms with E-state index in [-0.39, 0.29) is 17.0 Å². The van der Waals surface area contributed by atoms with Crippen LogP contribution in [0.25, 0.3) is 0 Å². The zero-order valence-electron chi connectivity index (χ0n) is 11.3. The first-order valence-electron chi connectivity index (χ1n) is 6.74. The maximum Gasteiger partial charge on any atom is 0.241 e. The smallest absolute Gasteiger partial charge is 0.241 e. The van der Waals surface area contributed by atoms with Crippen LogP contribution >= 0.6 is 0 Å². The number of benzene rings is 1. The fourth-order valence-corrected chi connectivity index (χ4v) is 3.69. The highest BCUT2D eigenvalue weighted by Crippen LogP contribution is 2.18. The van der Waals surface area contributed by atoms with Crippen molar-refractivity contribution in [2.75, 3.05) is 26.2 Å². The summed E-state index contributed by atoms with van der Waals surface area (Å²) in [6.45, 7) is 2.87. The quantitative estimate of drug-likeness (QED) is 0.809. The summed E-state index contributed by atoms with van der Waals surface area (Å²) in [5.41, 5.74) is 5.46. The van der Waals surface area contributed by atoms with Gasteiger partial charge < -0.3 is 10.6 Å². The maximum atomic E-state index is 13.6. The number of hydrogen-bond donors (Lipinski definition) is 2. The standard InChI is InChI=1S/C13H20FN3O2S/c14-12-4-3-5-13(11(12)10-15)20(18,19)16-6-9-17-7-1-2-8-17/h3-5,16H,1-2,6-10,15H2. The van der Waals surface area contributed by atoms with Crippen molar-refractivity contribution in [1.82, 2.24) is 9.62 Å². The second-order valence-electron chi connectivity index (χ2n) is 4.87. The van der Waals surface area contributed by atoms with Gasteiger partial charge in [-0.3, -0.25) is 0 Å². The van der Waals surface area contributed by atoms with Crippen molar-refractivity contribution < 1.29 is 12.8 Å². The second-order valence-corrected chi connectivity index (χ2v) is 6.60. The summed E-state index contributed by atoms with van der Waals surface area (Å²) >= 11 is 0. The van der Waals surface area contributed by atoms with Gasteiger partial charge >= 0.3 is 0 Å². The summed E-state index contributed by atoms with van der Waals surface area (Å²) in [5.74, 6) is -0.588. The fraction of sp³-hybridized carbons (Fsp3) is 0.538. The van der Waals surface area contributed by atoms with Crippen molar-refractivity contribution in [2.24, 2.45) is 5.73 Å². The van der Waals surface area contributed by atoms with E-state index >= 15 is 0 Å². The molecular formula is C13H20FN3O2S. The van der Waals surface area contributed by atoms with Gasteiger partial charge in [-0.15, -0.1) is 0 Å². The molecule has 0 unspecified atom stereocenters. The molecule has 0 atom stereocenters. The molecule has 1 aliphatic rings. The zero-order valence-corrected chi connectivity index (χ0v) is 12.1. The Kier molecular flexibility index (Phi) is 5.09. The second kappa shape index (κ2) is 6.62. The van der Waals surface area contributed by atoms with Gasteiger partial charge in [-0.25, -0.2) is 17.5 Å². The van der Waals surface area contributed by atoms with Gasteiger partial charge in [-0.1, -0.05) is 6.07 Å². The lowest BCUT2D eigenvalue weighted by Crippen LogP contribution is -2.34. The first kappa shape index (κ1) is 15.4. The molecule has 3 N–H and O–H groups in total. The predicted octanol–water partition coefficient (Wildman–Crippen LogP) is 0.658. The molecule has 7 heteroatoms. The number of likely N-dealkylation sites (tertiary alicyclic amines) is 1. The molecule has 1 aromatic rings. The molecule has 1 heterocycles. The number of nitrogens with zero attached hydrogens (tertiary/aromatic N) is 1. The minimum atomic E-state index is -3.71. The largest absolute Gasteiger partial charge is 0.326 e. The molecule has 2 rings (SSSR count). The zero-order chi connectivity index (χ0) is 14.6. The summed E-state index contributed by atoms with van der Waals surface area (Å²) in [5, 5.41) is 0. The van der Waals surface area contributed by atoms with E-state index in [2.05, 4.69) is 9.62 Å². The molecule has 0 aliphatic carbocycles. The van der Waals surface area contributed by atoms with Gasteiger partial charge in [0, 0.05) is 25.2 Å². The van der Waals surface area contributed by atoms with Crippen molar-refractivity contribution in [1.29, 1.82) is 0 Å². The van der Waals surface area contributed by atoms with Crippen LogP contribution in [0, 0.1) is 5.82 Å². The molecule has 1 fully saturated rings. The van der Waals surface area contributed by atoms with E-state index in [9.17, 15) is 12.8 Å². The van der Waals surface area contributed by atoms with Crippen LogP contribution in [0.2, 0.25) is 0 Å². The van der Waals surface area contributed by atoms with E-state index in [0.29, 0.717) is 13.1 Å². The molecule has 112 valence electrons. The van der Waals surface area contributed by atoms with Crippen LogP contribution in [0.15, 0.2) is 23.1 Å². The Bertz CT molecular complexity index is 557. The Hall–Kier alpha value is -1.02. The number of sulfonamides is 1. The van der Waals surface area contributed by atoms with Gasteiger partial charge in [0.05, 0.1) is 4.90 Å². The van der Waals surface area contributed by atoms with Crippen molar-refractivity contribution in [3.8, 4) is 0 Å². The summed E-state index contributed by atoms with van der Waals surface area (Å²) in [6, 6.07) is 3.97. The summed E-state index contributed by atoms with van der Waals surface area (Å²) in [4.78, 5) is 2.14. The van der Waals surface area contributed by atoms with Crippen LogP contribution in [0.4, 0.5) is 4.39 Å². The highest BCUT2D eigenvalue weighted by atomic mass is 32.2. The first-order valence-corrected chi connectivity index (χ1v) is 8.22. The van der Waals surface area contributed by atoms with Crippen LogP contribution in [-0.2, 0) is 16.6 Å². The van der Waals surface area contributed by atoms with E-state index in [0.717, 1.165) is 25.9 Å². The third-order valence-electron chi connectivity index (χ3n) is 3.49. The van der Waals surface area contributed by atoms with E-state index in [1.54, 1.807) is 0 Å². The van der Waals surface area contributed by atoms with Crippen LogP contribution in [0.1, 0.15) is 18.4 Å². The summed E-state index contributed by atoms with van der Waals surface area (Å²) < 4.78 is 40.5. The van der Waals surface area contributed by atoms with E-state index in [1.165, 1.54) is 18.2 Å². The van der Waals surface area contributed by atoms with Crippen LogP contribution in [0.3, 0.4) is 0 Å². The highest BCUT2D eigenvalue weighted by Gasteiger charge is 2.20. The Morgan fingerprint density at radius 3 is 2.65 bits per heavy atom. The van der Waals surface area contributed by atoms with Crippen molar-refractivity contribution in [2.45, 2.75) is 24.3 Å². The molecule has 1 aromatic carbocycles. The van der Waals surface area contributed by atoms with Crippen molar-refractivity contribution in [3.63, 3.8) is 0 Å².